The number of aryl methyl sites for hydroxylation is 1. The molecule has 4 aromatic carbocycles. The second kappa shape index (κ2) is 18.4. The lowest BCUT2D eigenvalue weighted by atomic mass is 10.0. The first-order chi connectivity index (χ1) is 29.9. The highest BCUT2D eigenvalue weighted by Crippen LogP contribution is 2.37. The molecule has 0 fully saturated rings. The van der Waals surface area contributed by atoms with Crippen LogP contribution in [0.2, 0.25) is 0 Å². The number of halogens is 1. The number of carbonyl (C=O) groups excluding carboxylic acids is 3. The number of carboxylic acids is 1. The van der Waals surface area contributed by atoms with Gasteiger partial charge in [-0.1, -0.05) is 82.7 Å². The number of hydrogen-bond acceptors (Lipinski definition) is 6. The Morgan fingerprint density at radius 1 is 0.790 bits per heavy atom. The van der Waals surface area contributed by atoms with Crippen LogP contribution in [-0.4, -0.2) is 52.0 Å². The maximum absolute atomic E-state index is 13.5. The van der Waals surface area contributed by atoms with E-state index in [0.717, 1.165) is 38.2 Å². The molecule has 8 rings (SSSR count). The number of para-hydroxylation sites is 1. The molecule has 4 heterocycles. The number of hydrogen-bond donors (Lipinski definition) is 1. The van der Waals surface area contributed by atoms with Crippen molar-refractivity contribution in [1.29, 1.82) is 0 Å². The van der Waals surface area contributed by atoms with Crippen LogP contribution in [0.15, 0.2) is 177 Å². The van der Waals surface area contributed by atoms with Crippen LogP contribution in [0, 0.1) is 13.8 Å². The quantitative estimate of drug-likeness (QED) is 0.0825. The van der Waals surface area contributed by atoms with Gasteiger partial charge in [0.1, 0.15) is 11.5 Å². The van der Waals surface area contributed by atoms with Gasteiger partial charge >= 0.3 is 11.9 Å². The summed E-state index contributed by atoms with van der Waals surface area (Å²) in [5.41, 5.74) is 8.94. The molecule has 0 saturated carbocycles. The summed E-state index contributed by atoms with van der Waals surface area (Å²) >= 11 is 3.43. The Hall–Kier alpha value is -7.50. The molecular formula is C51H42BrN3O7. The molecule has 0 atom stereocenters. The van der Waals surface area contributed by atoms with Crippen LogP contribution in [0.4, 0.5) is 5.69 Å². The Kier molecular flexibility index (Phi) is 12.7. The molecule has 11 heteroatoms. The van der Waals surface area contributed by atoms with E-state index in [0.29, 0.717) is 51.9 Å². The van der Waals surface area contributed by atoms with Gasteiger partial charge in [-0.15, -0.1) is 6.58 Å². The number of rotatable bonds is 10. The first kappa shape index (κ1) is 42.6. The van der Waals surface area contributed by atoms with E-state index >= 15 is 0 Å². The van der Waals surface area contributed by atoms with Crippen molar-refractivity contribution < 1.29 is 33.4 Å². The summed E-state index contributed by atoms with van der Waals surface area (Å²) in [7, 11) is 1.32. The SMILES string of the molecule is C=CCN1C(=O)/C(=C\c2cc(C)n(-c3ccccc3)c2C)C(C(=O)OC)=C1C.O=C(O)c1ccc(N2C(=O)/C(=C/c3ccc(-c4ccc(Br)cc4)o3)C=C2c2ccccc2)cc1. The van der Waals surface area contributed by atoms with Gasteiger partial charge in [0.2, 0.25) is 0 Å². The number of esters is 1. The van der Waals surface area contributed by atoms with E-state index in [4.69, 9.17) is 9.15 Å². The third-order valence-corrected chi connectivity index (χ3v) is 11.0. The van der Waals surface area contributed by atoms with Gasteiger partial charge in [-0.2, -0.15) is 0 Å². The van der Waals surface area contributed by atoms with Crippen LogP contribution in [0.25, 0.3) is 34.9 Å². The zero-order valence-corrected chi connectivity index (χ0v) is 36.1. The zero-order valence-electron chi connectivity index (χ0n) is 34.5. The van der Waals surface area contributed by atoms with Crippen molar-refractivity contribution in [3.8, 4) is 17.0 Å². The van der Waals surface area contributed by atoms with Crippen molar-refractivity contribution in [2.45, 2.75) is 20.8 Å². The molecular weight excluding hydrogens is 846 g/mol. The number of methoxy groups -OCH3 is 1. The highest BCUT2D eigenvalue weighted by molar-refractivity contribution is 9.10. The molecule has 1 N–H and O–H groups in total. The fraction of sp³-hybridized carbons (Fsp3) is 0.0980. The zero-order chi connectivity index (χ0) is 44.1. The monoisotopic (exact) mass is 887 g/mol. The van der Waals surface area contributed by atoms with Gasteiger partial charge in [-0.3, -0.25) is 14.5 Å². The highest BCUT2D eigenvalue weighted by Gasteiger charge is 2.37. The van der Waals surface area contributed by atoms with E-state index < -0.39 is 11.9 Å². The second-order valence-electron chi connectivity index (χ2n) is 14.4. The van der Waals surface area contributed by atoms with Crippen molar-refractivity contribution in [3.05, 3.63) is 207 Å². The van der Waals surface area contributed by atoms with Crippen molar-refractivity contribution in [2.75, 3.05) is 18.6 Å². The number of aromatic nitrogens is 1. The molecule has 310 valence electrons. The predicted octanol–water partition coefficient (Wildman–Crippen LogP) is 10.8. The van der Waals surface area contributed by atoms with Gasteiger partial charge < -0.3 is 23.7 Å². The third kappa shape index (κ3) is 8.70. The Morgan fingerprint density at radius 2 is 1.45 bits per heavy atom. The molecule has 0 spiro atoms. The van der Waals surface area contributed by atoms with E-state index in [9.17, 15) is 24.3 Å². The first-order valence-electron chi connectivity index (χ1n) is 19.6. The van der Waals surface area contributed by atoms with E-state index in [1.54, 1.807) is 47.1 Å². The van der Waals surface area contributed by atoms with Gasteiger partial charge in [-0.05, 0) is 117 Å². The summed E-state index contributed by atoms with van der Waals surface area (Å²) in [6.07, 6.45) is 6.97. The average Bonchev–Trinajstić information content (AvgIpc) is 4.02. The van der Waals surface area contributed by atoms with E-state index in [1.807, 2.05) is 123 Å². The number of allylic oxidation sites excluding steroid dienone is 1. The van der Waals surface area contributed by atoms with Crippen LogP contribution in [0.1, 0.15) is 45.6 Å². The van der Waals surface area contributed by atoms with E-state index in [1.165, 1.54) is 19.2 Å². The summed E-state index contributed by atoms with van der Waals surface area (Å²) in [4.78, 5) is 53.2. The largest absolute Gasteiger partial charge is 0.478 e. The fourth-order valence-corrected chi connectivity index (χ4v) is 7.70. The van der Waals surface area contributed by atoms with Crippen LogP contribution < -0.4 is 4.90 Å². The number of anilines is 1. The minimum atomic E-state index is -1.02. The number of carbonyl (C=O) groups is 4. The van der Waals surface area contributed by atoms with Crippen LogP contribution >= 0.6 is 15.9 Å². The van der Waals surface area contributed by atoms with Crippen molar-refractivity contribution in [1.82, 2.24) is 9.47 Å². The summed E-state index contributed by atoms with van der Waals surface area (Å²) < 4.78 is 14.0. The number of furan rings is 1. The molecule has 2 aliphatic heterocycles. The maximum atomic E-state index is 13.5. The first-order valence-corrected chi connectivity index (χ1v) is 20.4. The number of benzene rings is 4. The van der Waals surface area contributed by atoms with Crippen LogP contribution in [0.3, 0.4) is 0 Å². The minimum Gasteiger partial charge on any atom is -0.478 e. The number of ether oxygens (including phenoxy) is 1. The molecule has 0 unspecified atom stereocenters. The van der Waals surface area contributed by atoms with Crippen LogP contribution in [-0.2, 0) is 19.1 Å². The topological polar surface area (TPSA) is 122 Å². The van der Waals surface area contributed by atoms with Gasteiger partial charge in [-0.25, -0.2) is 9.59 Å². The Labute approximate surface area is 367 Å². The van der Waals surface area contributed by atoms with E-state index in [-0.39, 0.29) is 17.4 Å². The lowest BCUT2D eigenvalue weighted by Crippen LogP contribution is -2.25. The summed E-state index contributed by atoms with van der Waals surface area (Å²) in [5, 5.41) is 9.21. The fourth-order valence-electron chi connectivity index (χ4n) is 7.44. The molecule has 6 aromatic rings. The lowest BCUT2D eigenvalue weighted by molar-refractivity contribution is -0.136. The Balaban J connectivity index is 0.000000190. The molecule has 2 aromatic heterocycles. The Bertz CT molecular complexity index is 2830. The van der Waals surface area contributed by atoms with Crippen molar-refractivity contribution >= 4 is 63.2 Å². The Morgan fingerprint density at radius 3 is 2.08 bits per heavy atom. The predicted molar refractivity (Wildman–Crippen MR) is 245 cm³/mol. The standard InChI is InChI=1S/C28H18BrNO4.C23H24N2O3/c29-22-10-6-19(7-11-22)26-15-14-24(34-26)16-21-17-25(18-4-2-1-3-5-18)30(27(21)31)23-12-8-20(9-13-23)28(32)33;1-6-12-24-17(4)21(23(27)28-5)20(22(24)26)14-18-13-15(2)25(16(18)3)19-10-8-7-9-11-19/h1-17H,(H,32,33);6-11,13-14H,1,12H2,2-5H3/b21-16+;20-14-. The molecule has 2 amide bonds. The van der Waals surface area contributed by atoms with Crippen LogP contribution in [0.5, 0.6) is 0 Å². The number of amides is 2. The molecule has 0 saturated heterocycles. The molecule has 2 aliphatic rings. The number of carboxylic acid groups (broad SMARTS) is 1. The number of nitrogens with zero attached hydrogens (tertiary/aromatic N) is 3. The summed E-state index contributed by atoms with van der Waals surface area (Å²) in [6, 6.07) is 39.4. The van der Waals surface area contributed by atoms with Gasteiger partial charge in [0.15, 0.2) is 0 Å². The van der Waals surface area contributed by atoms with E-state index in [2.05, 4.69) is 27.1 Å². The lowest BCUT2D eigenvalue weighted by Gasteiger charge is -2.21. The normalized spacial score (nSPS) is 15.0. The molecule has 10 nitrogen and oxygen atoms in total. The second-order valence-corrected chi connectivity index (χ2v) is 15.3. The summed E-state index contributed by atoms with van der Waals surface area (Å²) in [5.74, 6) is -0.698. The maximum Gasteiger partial charge on any atom is 0.340 e. The minimum absolute atomic E-state index is 0.160. The smallest absolute Gasteiger partial charge is 0.340 e. The highest BCUT2D eigenvalue weighted by atomic mass is 79.9. The number of aromatic carboxylic acids is 1. The van der Waals surface area contributed by atoms with Crippen molar-refractivity contribution in [3.63, 3.8) is 0 Å². The molecule has 0 bridgehead atoms. The third-order valence-electron chi connectivity index (χ3n) is 10.5. The van der Waals surface area contributed by atoms with Gasteiger partial charge in [0, 0.05) is 50.6 Å². The molecule has 62 heavy (non-hydrogen) atoms. The molecule has 0 radical (unpaired) electrons. The molecule has 0 aliphatic carbocycles. The van der Waals surface area contributed by atoms with Gasteiger partial charge in [0.05, 0.1) is 29.5 Å². The summed E-state index contributed by atoms with van der Waals surface area (Å²) in [6.45, 7) is 9.81. The van der Waals surface area contributed by atoms with Crippen molar-refractivity contribution in [2.24, 2.45) is 0 Å². The average molecular weight is 889 g/mol. The van der Waals surface area contributed by atoms with Gasteiger partial charge in [0.25, 0.3) is 11.8 Å².